The first-order valence-electron chi connectivity index (χ1n) is 24.5. The van der Waals surface area contributed by atoms with E-state index in [9.17, 15) is 26.3 Å². The Morgan fingerprint density at radius 3 is 1.29 bits per heavy atom. The van der Waals surface area contributed by atoms with Crippen molar-refractivity contribution in [1.29, 1.82) is 0 Å². The summed E-state index contributed by atoms with van der Waals surface area (Å²) in [5.41, 5.74) is 1.59. The summed E-state index contributed by atoms with van der Waals surface area (Å²) in [7, 11) is 4.20. The van der Waals surface area contributed by atoms with Crippen molar-refractivity contribution in [3.8, 4) is 0 Å². The number of likely N-dealkylation sites (tertiary alicyclic amines) is 2. The molecule has 8 nitrogen and oxygen atoms in total. The number of benzene rings is 2. The zero-order valence-corrected chi connectivity index (χ0v) is 40.2. The van der Waals surface area contributed by atoms with Gasteiger partial charge in [0.15, 0.2) is 10.3 Å². The number of alkyl halides is 6. The number of hydrogen-bond donors (Lipinski definition) is 0. The lowest BCUT2D eigenvalue weighted by molar-refractivity contribution is -0.138. The standard InChI is InChI=1S/2C25H33F3N4S/c2*1-31-22(19-6-3-2-4-7-19)29-30-23(31)33-15-5-13-32-14-12-24(17-32)16-21(24)18-8-10-20(11-9-18)25(26,27)28/h2*8-11,19,21H,2-7,12-17H2,1H3/t2*21-,24-/m10/s1. The number of halogens is 6. The van der Waals surface area contributed by atoms with Crippen molar-refractivity contribution >= 4 is 23.5 Å². The van der Waals surface area contributed by atoms with Crippen LogP contribution in [0.4, 0.5) is 26.3 Å². The summed E-state index contributed by atoms with van der Waals surface area (Å²) in [6.07, 6.45) is 11.1. The van der Waals surface area contributed by atoms with Crippen LogP contribution in [0.3, 0.4) is 0 Å². The predicted octanol–water partition coefficient (Wildman–Crippen LogP) is 12.5. The number of nitrogens with zero attached hydrogens (tertiary/aromatic N) is 8. The Balaban J connectivity index is 0.000000166. The molecule has 2 aromatic carbocycles. The third-order valence-corrected chi connectivity index (χ3v) is 18.2. The summed E-state index contributed by atoms with van der Waals surface area (Å²) >= 11 is 3.60. The lowest BCUT2D eigenvalue weighted by Crippen LogP contribution is -2.23. The molecule has 6 fully saturated rings. The molecule has 4 aliphatic carbocycles. The summed E-state index contributed by atoms with van der Waals surface area (Å²) in [4.78, 5) is 5.07. The van der Waals surface area contributed by atoms with Crippen molar-refractivity contribution < 1.29 is 26.3 Å². The van der Waals surface area contributed by atoms with Gasteiger partial charge in [-0.2, -0.15) is 26.3 Å². The average Bonchev–Trinajstić information content (AvgIpc) is 3.85. The van der Waals surface area contributed by atoms with Crippen LogP contribution in [0.15, 0.2) is 58.8 Å². The summed E-state index contributed by atoms with van der Waals surface area (Å²) in [5.74, 6) is 6.34. The number of hydrogen-bond acceptors (Lipinski definition) is 8. The lowest BCUT2D eigenvalue weighted by atomic mass is 9.89. The van der Waals surface area contributed by atoms with Crippen LogP contribution in [0.1, 0.15) is 160 Å². The monoisotopic (exact) mass is 956 g/mol. The molecule has 2 saturated heterocycles. The van der Waals surface area contributed by atoms with Crippen molar-refractivity contribution in [1.82, 2.24) is 39.3 Å². The summed E-state index contributed by atoms with van der Waals surface area (Å²) in [5, 5.41) is 19.9. The van der Waals surface area contributed by atoms with Crippen molar-refractivity contribution in [2.24, 2.45) is 24.9 Å². The smallest absolute Gasteiger partial charge is 0.309 e. The Labute approximate surface area is 394 Å². The molecule has 0 radical (unpaired) electrons. The van der Waals surface area contributed by atoms with Gasteiger partial charge >= 0.3 is 12.4 Å². The first-order chi connectivity index (χ1) is 31.7. The molecule has 0 bridgehead atoms. The molecule has 0 N–H and O–H groups in total. The Morgan fingerprint density at radius 2 is 0.924 bits per heavy atom. The normalized spacial score (nSPS) is 26.4. The SMILES string of the molecule is Cn1c(SCCCN2CC[C@@]3(C[C@@H]3c3ccc(C(F)(F)F)cc3)C2)nnc1C1CCCCC1.Cn1c(SCCCN2CC[C@]3(C[C@H]3c3ccc(C(F)(F)F)cc3)C2)nnc1C1CCCCC1. The number of thioether (sulfide) groups is 2. The maximum Gasteiger partial charge on any atom is 0.416 e. The third-order valence-electron chi connectivity index (χ3n) is 16.0. The summed E-state index contributed by atoms with van der Waals surface area (Å²) < 4.78 is 81.4. The van der Waals surface area contributed by atoms with Gasteiger partial charge in [0.05, 0.1) is 11.1 Å². The predicted molar refractivity (Wildman–Crippen MR) is 249 cm³/mol. The largest absolute Gasteiger partial charge is 0.416 e. The van der Waals surface area contributed by atoms with Gasteiger partial charge in [-0.05, 0) is 148 Å². The van der Waals surface area contributed by atoms with Crippen molar-refractivity contribution in [2.45, 2.75) is 149 Å². The fourth-order valence-corrected chi connectivity index (χ4v) is 13.6. The quantitative estimate of drug-likeness (QED) is 0.0703. The van der Waals surface area contributed by atoms with E-state index in [-0.39, 0.29) is 10.8 Å². The molecule has 66 heavy (non-hydrogen) atoms. The van der Waals surface area contributed by atoms with Crippen molar-refractivity contribution in [2.75, 3.05) is 50.8 Å². The maximum atomic E-state index is 12.8. The van der Waals surface area contributed by atoms with Crippen LogP contribution in [-0.4, -0.2) is 90.1 Å². The van der Waals surface area contributed by atoms with Gasteiger partial charge in [-0.1, -0.05) is 86.3 Å². The van der Waals surface area contributed by atoms with Gasteiger partial charge in [0.1, 0.15) is 11.6 Å². The average molecular weight is 957 g/mol. The van der Waals surface area contributed by atoms with Gasteiger partial charge in [0, 0.05) is 50.5 Å². The minimum atomic E-state index is -4.26. The molecule has 4 atom stereocenters. The van der Waals surface area contributed by atoms with E-state index in [1.807, 2.05) is 0 Å². The Morgan fingerprint density at radius 1 is 0.545 bits per heavy atom. The third kappa shape index (κ3) is 11.0. The Bertz CT molecular complexity index is 2060. The van der Waals surface area contributed by atoms with Gasteiger partial charge < -0.3 is 18.9 Å². The van der Waals surface area contributed by atoms with E-state index >= 15 is 0 Å². The Kier molecular flexibility index (Phi) is 14.6. The second kappa shape index (κ2) is 20.1. The number of rotatable bonds is 14. The molecular formula is C50H66F6N8S2. The molecule has 16 heteroatoms. The molecule has 4 saturated carbocycles. The summed E-state index contributed by atoms with van der Waals surface area (Å²) in [6, 6.07) is 11.7. The van der Waals surface area contributed by atoms with Crippen LogP contribution in [0.2, 0.25) is 0 Å². The zero-order chi connectivity index (χ0) is 46.1. The molecule has 2 aliphatic heterocycles. The van der Waals surface area contributed by atoms with E-state index in [1.165, 1.54) is 88.5 Å². The molecule has 10 rings (SSSR count). The molecule has 0 amide bonds. The van der Waals surface area contributed by atoms with Gasteiger partial charge in [-0.15, -0.1) is 20.4 Å². The molecule has 2 aromatic heterocycles. The fourth-order valence-electron chi connectivity index (χ4n) is 11.9. The van der Waals surface area contributed by atoms with Crippen LogP contribution >= 0.6 is 23.5 Å². The van der Waals surface area contributed by atoms with E-state index in [2.05, 4.69) is 53.4 Å². The van der Waals surface area contributed by atoms with Crippen LogP contribution in [0, 0.1) is 10.8 Å². The highest BCUT2D eigenvalue weighted by molar-refractivity contribution is 7.99. The van der Waals surface area contributed by atoms with E-state index < -0.39 is 23.5 Å². The molecule has 4 heterocycles. The molecular weight excluding hydrogens is 891 g/mol. The van der Waals surface area contributed by atoms with Crippen molar-refractivity contribution in [3.05, 3.63) is 82.4 Å². The molecule has 2 spiro atoms. The molecule has 360 valence electrons. The van der Waals surface area contributed by atoms with Gasteiger partial charge in [0.2, 0.25) is 0 Å². The summed E-state index contributed by atoms with van der Waals surface area (Å²) in [6.45, 7) is 6.47. The van der Waals surface area contributed by atoms with Gasteiger partial charge in [-0.3, -0.25) is 0 Å². The topological polar surface area (TPSA) is 67.9 Å². The highest BCUT2D eigenvalue weighted by Crippen LogP contribution is 2.65. The second-order valence-corrected chi connectivity index (χ2v) is 22.5. The van der Waals surface area contributed by atoms with Crippen LogP contribution in [0.25, 0.3) is 0 Å². The zero-order valence-electron chi connectivity index (χ0n) is 38.6. The van der Waals surface area contributed by atoms with Crippen molar-refractivity contribution in [3.63, 3.8) is 0 Å². The molecule has 0 unspecified atom stereocenters. The highest BCUT2D eigenvalue weighted by Gasteiger charge is 2.58. The highest BCUT2D eigenvalue weighted by atomic mass is 32.2. The van der Waals surface area contributed by atoms with E-state index in [0.717, 1.165) is 122 Å². The fraction of sp³-hybridized carbons (Fsp3) is 0.680. The Hall–Kier alpha value is -3.08. The van der Waals surface area contributed by atoms with E-state index in [0.29, 0.717) is 23.7 Å². The number of aromatic nitrogens is 6. The first-order valence-corrected chi connectivity index (χ1v) is 26.5. The lowest BCUT2D eigenvalue weighted by Gasteiger charge is -2.20. The van der Waals surface area contributed by atoms with Gasteiger partial charge in [-0.25, -0.2) is 0 Å². The van der Waals surface area contributed by atoms with E-state index in [1.54, 1.807) is 47.8 Å². The molecule has 6 aliphatic rings. The van der Waals surface area contributed by atoms with Crippen LogP contribution in [0.5, 0.6) is 0 Å². The minimum Gasteiger partial charge on any atom is -0.309 e. The second-order valence-electron chi connectivity index (χ2n) is 20.4. The first kappa shape index (κ1) is 48.0. The van der Waals surface area contributed by atoms with Gasteiger partial charge in [0.25, 0.3) is 0 Å². The minimum absolute atomic E-state index is 0.283. The van der Waals surface area contributed by atoms with Crippen LogP contribution in [-0.2, 0) is 26.4 Å². The van der Waals surface area contributed by atoms with E-state index in [4.69, 9.17) is 0 Å². The van der Waals surface area contributed by atoms with Crippen LogP contribution < -0.4 is 0 Å². The molecule has 4 aromatic rings. The maximum absolute atomic E-state index is 12.8.